The van der Waals surface area contributed by atoms with E-state index in [1.165, 1.54) is 51.4 Å². The van der Waals surface area contributed by atoms with Crippen molar-refractivity contribution >= 4 is 58.3 Å². The van der Waals surface area contributed by atoms with Gasteiger partial charge in [0.25, 0.3) is 0 Å². The summed E-state index contributed by atoms with van der Waals surface area (Å²) in [7, 11) is 0. The summed E-state index contributed by atoms with van der Waals surface area (Å²) in [5.41, 5.74) is 0. The normalized spacial score (nSPS) is 10.8. The molecule has 0 atom stereocenters. The Bertz CT molecular complexity index is 429. The molecule has 0 aromatic heterocycles. The fraction of sp³-hybridized carbons (Fsp3) is 0.923. The smallest absolute Gasteiger partial charge is 0.411 e. The van der Waals surface area contributed by atoms with Crippen LogP contribution in [0, 0.1) is 23.7 Å². The molecule has 33 heavy (non-hydrogen) atoms. The maximum atomic E-state index is 5.10. The molecule has 0 saturated carbocycles. The number of hydrogen-bond acceptors (Lipinski definition) is 4. The SMILES string of the molecule is CC(C)CCCCCN(CC(C)C)C(=S)[S-].CC(C)CCCCCN(CC(C)C)C(=S)[S-].[Zn+2]. The molecule has 0 aliphatic heterocycles. The molecular weight excluding hydrogens is 534 g/mol. The van der Waals surface area contributed by atoms with Crippen molar-refractivity contribution in [2.24, 2.45) is 23.7 Å². The molecule has 0 aromatic rings. The average molecular weight is 586 g/mol. The molecule has 0 bridgehead atoms. The van der Waals surface area contributed by atoms with Crippen LogP contribution in [0.1, 0.15) is 107 Å². The fourth-order valence-corrected chi connectivity index (χ4v) is 4.12. The molecule has 0 aliphatic rings. The Morgan fingerprint density at radius 1 is 0.545 bits per heavy atom. The standard InChI is InChI=1S/2C13H27NS2.Zn/c2*1-11(2)8-6-5-7-9-14(13(15)16)10-12(3)4;/h2*11-12H,5-10H2,1-4H3,(H,15,16);/q;;+2/p-2. The third-order valence-electron chi connectivity index (χ3n) is 5.11. The van der Waals surface area contributed by atoms with Gasteiger partial charge < -0.3 is 59.5 Å². The number of hydrogen-bond donors (Lipinski definition) is 0. The minimum Gasteiger partial charge on any atom is -0.411 e. The van der Waals surface area contributed by atoms with E-state index in [1.807, 2.05) is 0 Å². The first-order valence-corrected chi connectivity index (χ1v) is 14.4. The van der Waals surface area contributed by atoms with E-state index in [-0.39, 0.29) is 19.5 Å². The first kappa shape index (κ1) is 38.4. The zero-order valence-electron chi connectivity index (χ0n) is 23.0. The van der Waals surface area contributed by atoms with Crippen LogP contribution < -0.4 is 0 Å². The second kappa shape index (κ2) is 24.5. The summed E-state index contributed by atoms with van der Waals surface area (Å²) in [6, 6.07) is 0. The van der Waals surface area contributed by atoms with Gasteiger partial charge in [-0.05, 0) is 36.5 Å². The molecule has 0 unspecified atom stereocenters. The van der Waals surface area contributed by atoms with Crippen LogP contribution in [0.25, 0.3) is 0 Å². The summed E-state index contributed by atoms with van der Waals surface area (Å²) in [6.45, 7) is 22.0. The van der Waals surface area contributed by atoms with E-state index in [2.05, 4.69) is 65.2 Å². The van der Waals surface area contributed by atoms with Crippen molar-refractivity contribution < 1.29 is 19.5 Å². The number of rotatable bonds is 16. The molecule has 0 N–H and O–H groups in total. The third-order valence-corrected chi connectivity index (χ3v) is 6.14. The van der Waals surface area contributed by atoms with E-state index in [4.69, 9.17) is 49.7 Å². The Morgan fingerprint density at radius 2 is 0.848 bits per heavy atom. The molecule has 0 aliphatic carbocycles. The van der Waals surface area contributed by atoms with Crippen LogP contribution in [-0.4, -0.2) is 44.6 Å². The molecule has 2 nitrogen and oxygen atoms in total. The largest absolute Gasteiger partial charge is 2.00 e. The van der Waals surface area contributed by atoms with E-state index in [0.717, 1.165) is 38.0 Å². The quantitative estimate of drug-likeness (QED) is 0.0778. The van der Waals surface area contributed by atoms with Gasteiger partial charge in [0, 0.05) is 26.2 Å². The van der Waals surface area contributed by atoms with E-state index in [1.54, 1.807) is 0 Å². The van der Waals surface area contributed by atoms with E-state index in [9.17, 15) is 0 Å². The van der Waals surface area contributed by atoms with Crippen LogP contribution >= 0.6 is 24.4 Å². The fourth-order valence-electron chi connectivity index (χ4n) is 3.46. The molecule has 0 spiro atoms. The van der Waals surface area contributed by atoms with Gasteiger partial charge in [-0.3, -0.25) is 0 Å². The van der Waals surface area contributed by atoms with Gasteiger partial charge in [0.15, 0.2) is 0 Å². The zero-order chi connectivity index (χ0) is 25.1. The van der Waals surface area contributed by atoms with E-state index >= 15 is 0 Å². The monoisotopic (exact) mass is 584 g/mol. The Kier molecular flexibility index (Phi) is 28.5. The van der Waals surface area contributed by atoms with Gasteiger partial charge >= 0.3 is 19.5 Å². The maximum Gasteiger partial charge on any atom is 2.00 e. The predicted octanol–water partition coefficient (Wildman–Crippen LogP) is 7.98. The molecule has 0 aromatic carbocycles. The van der Waals surface area contributed by atoms with Crippen molar-refractivity contribution in [1.29, 1.82) is 0 Å². The first-order chi connectivity index (χ1) is 14.9. The first-order valence-electron chi connectivity index (χ1n) is 12.8. The topological polar surface area (TPSA) is 6.48 Å². The molecule has 0 fully saturated rings. The Balaban J connectivity index is -0.000000529. The Morgan fingerprint density at radius 3 is 1.06 bits per heavy atom. The molecule has 192 valence electrons. The van der Waals surface area contributed by atoms with Crippen molar-refractivity contribution in [2.75, 3.05) is 26.2 Å². The zero-order valence-corrected chi connectivity index (χ0v) is 29.3. The molecular formula is C26H52N2S4Zn. The number of unbranched alkanes of at least 4 members (excludes halogenated alkanes) is 4. The molecule has 0 radical (unpaired) electrons. The van der Waals surface area contributed by atoms with Gasteiger partial charge in [-0.2, -0.15) is 0 Å². The summed E-state index contributed by atoms with van der Waals surface area (Å²) in [6.07, 6.45) is 10.4. The van der Waals surface area contributed by atoms with Crippen LogP contribution in [0.5, 0.6) is 0 Å². The summed E-state index contributed by atoms with van der Waals surface area (Å²) >= 11 is 20.4. The number of thiocarbonyl (C=S) groups is 2. The van der Waals surface area contributed by atoms with E-state index < -0.39 is 0 Å². The average Bonchev–Trinajstić information content (AvgIpc) is 2.64. The molecule has 0 heterocycles. The molecule has 7 heteroatoms. The Labute approximate surface area is 242 Å². The van der Waals surface area contributed by atoms with Crippen LogP contribution in [0.2, 0.25) is 0 Å². The second-order valence-corrected chi connectivity index (χ2v) is 12.8. The molecule has 0 rings (SSSR count). The van der Waals surface area contributed by atoms with Crippen molar-refractivity contribution in [3.8, 4) is 0 Å². The summed E-state index contributed by atoms with van der Waals surface area (Å²) in [5.74, 6) is 2.92. The summed E-state index contributed by atoms with van der Waals surface area (Å²) < 4.78 is 1.27. The van der Waals surface area contributed by atoms with Gasteiger partial charge in [-0.25, -0.2) is 0 Å². The maximum absolute atomic E-state index is 5.10. The minimum atomic E-state index is 0. The van der Waals surface area contributed by atoms with Gasteiger partial charge in [-0.15, -0.1) is 0 Å². The summed E-state index contributed by atoms with van der Waals surface area (Å²) in [5, 5.41) is 0. The van der Waals surface area contributed by atoms with Crippen LogP contribution in [0.3, 0.4) is 0 Å². The predicted molar refractivity (Wildman–Crippen MR) is 159 cm³/mol. The molecule has 0 saturated heterocycles. The van der Waals surface area contributed by atoms with Gasteiger partial charge in [0.1, 0.15) is 0 Å². The number of nitrogens with zero attached hydrogens (tertiary/aromatic N) is 2. The van der Waals surface area contributed by atoms with Crippen molar-refractivity contribution in [3.05, 3.63) is 0 Å². The Hall–Kier alpha value is 0.843. The van der Waals surface area contributed by atoms with Crippen molar-refractivity contribution in [3.63, 3.8) is 0 Å². The molecule has 0 amide bonds. The van der Waals surface area contributed by atoms with Crippen LogP contribution in [0.15, 0.2) is 0 Å². The van der Waals surface area contributed by atoms with E-state index in [0.29, 0.717) is 20.5 Å². The van der Waals surface area contributed by atoms with Gasteiger partial charge in [-0.1, -0.05) is 103 Å². The van der Waals surface area contributed by atoms with Gasteiger partial charge in [0.2, 0.25) is 0 Å². The van der Waals surface area contributed by atoms with Gasteiger partial charge in [0.05, 0.1) is 0 Å². The van der Waals surface area contributed by atoms with Crippen molar-refractivity contribution in [2.45, 2.75) is 107 Å². The second-order valence-electron chi connectivity index (χ2n) is 10.7. The minimum absolute atomic E-state index is 0. The van der Waals surface area contributed by atoms with Crippen molar-refractivity contribution in [1.82, 2.24) is 9.80 Å². The van der Waals surface area contributed by atoms with Crippen LogP contribution in [0.4, 0.5) is 0 Å². The summed E-state index contributed by atoms with van der Waals surface area (Å²) in [4.78, 5) is 4.34. The third kappa shape index (κ3) is 29.0. The van der Waals surface area contributed by atoms with Crippen LogP contribution in [-0.2, 0) is 44.7 Å².